The van der Waals surface area contributed by atoms with Gasteiger partial charge in [0.05, 0.1) is 16.8 Å². The molecule has 0 aromatic heterocycles. The fourth-order valence-corrected chi connectivity index (χ4v) is 4.28. The van der Waals surface area contributed by atoms with Crippen molar-refractivity contribution in [2.24, 2.45) is 5.10 Å². The maximum atomic E-state index is 13.2. The number of nitrogens with one attached hydrogen (secondary N) is 2. The summed E-state index contributed by atoms with van der Waals surface area (Å²) in [7, 11) is 3.85. The minimum Gasteiger partial charge on any atom is -0.422 e. The van der Waals surface area contributed by atoms with Gasteiger partial charge in [0.1, 0.15) is 11.4 Å². The van der Waals surface area contributed by atoms with Crippen LogP contribution in [-0.4, -0.2) is 38.1 Å². The summed E-state index contributed by atoms with van der Waals surface area (Å²) in [6.45, 7) is 0. The smallest absolute Gasteiger partial charge is 0.345 e. The van der Waals surface area contributed by atoms with Crippen LogP contribution in [0.3, 0.4) is 0 Å². The zero-order valence-electron chi connectivity index (χ0n) is 22.7. The molecule has 10 heteroatoms. The van der Waals surface area contributed by atoms with Crippen LogP contribution in [0.2, 0.25) is 5.02 Å². The quantitative estimate of drug-likeness (QED) is 0.0731. The Bertz CT molecular complexity index is 1660. The number of anilines is 1. The van der Waals surface area contributed by atoms with E-state index in [-0.39, 0.29) is 22.0 Å². The molecule has 0 aliphatic heterocycles. The number of benzene rings is 4. The van der Waals surface area contributed by atoms with E-state index in [2.05, 4.69) is 31.8 Å². The Hall–Kier alpha value is -4.73. The summed E-state index contributed by atoms with van der Waals surface area (Å²) in [5.41, 5.74) is 5.11. The van der Waals surface area contributed by atoms with Crippen LogP contribution in [0.1, 0.15) is 31.8 Å². The van der Waals surface area contributed by atoms with E-state index in [0.29, 0.717) is 21.2 Å². The first-order chi connectivity index (χ1) is 20.2. The zero-order chi connectivity index (χ0) is 30.1. The van der Waals surface area contributed by atoms with Gasteiger partial charge in [-0.25, -0.2) is 10.2 Å². The number of halogens is 2. The van der Waals surface area contributed by atoms with Crippen LogP contribution < -0.4 is 20.4 Å². The van der Waals surface area contributed by atoms with Crippen LogP contribution in [0.5, 0.6) is 5.75 Å². The Morgan fingerprint density at radius 2 is 1.60 bits per heavy atom. The molecular weight excluding hydrogens is 620 g/mol. The largest absolute Gasteiger partial charge is 0.422 e. The molecule has 212 valence electrons. The molecular formula is C32H26BrClN4O4. The summed E-state index contributed by atoms with van der Waals surface area (Å²) < 4.78 is 6.26. The summed E-state index contributed by atoms with van der Waals surface area (Å²) in [5, 5.41) is 6.99. The first kappa shape index (κ1) is 30.2. The predicted molar refractivity (Wildman–Crippen MR) is 169 cm³/mol. The Balaban J connectivity index is 1.55. The molecule has 0 atom stereocenters. The van der Waals surface area contributed by atoms with Crippen molar-refractivity contribution < 1.29 is 19.1 Å². The standard InChI is InChI=1S/C32H26BrClN4O4/c1-38(2)25-15-12-21(13-16-25)18-28(36-30(39)22-8-4-3-5-9-22)31(40)37-35-20-23-19-24(33)14-17-29(23)42-32(41)26-10-6-7-11-27(26)34/h3-20H,1-2H3,(H,36,39)(H,37,40)/b28-18+,35-20+. The monoisotopic (exact) mass is 644 g/mol. The number of carbonyl (C=O) groups is 3. The number of hydrazone groups is 1. The van der Waals surface area contributed by atoms with Crippen molar-refractivity contribution in [3.8, 4) is 5.75 Å². The average Bonchev–Trinajstić information content (AvgIpc) is 2.99. The third-order valence-electron chi connectivity index (χ3n) is 5.89. The molecule has 4 aromatic rings. The Morgan fingerprint density at radius 3 is 2.29 bits per heavy atom. The number of hydrogen-bond donors (Lipinski definition) is 2. The molecule has 0 heterocycles. The number of ether oxygens (including phenoxy) is 1. The van der Waals surface area contributed by atoms with Crippen molar-refractivity contribution in [1.82, 2.24) is 10.7 Å². The lowest BCUT2D eigenvalue weighted by Crippen LogP contribution is -2.32. The first-order valence-corrected chi connectivity index (χ1v) is 13.8. The lowest BCUT2D eigenvalue weighted by atomic mass is 10.1. The minimum atomic E-state index is -0.656. The van der Waals surface area contributed by atoms with E-state index < -0.39 is 17.8 Å². The van der Waals surface area contributed by atoms with Crippen LogP contribution >= 0.6 is 27.5 Å². The topological polar surface area (TPSA) is 100 Å². The van der Waals surface area contributed by atoms with Crippen molar-refractivity contribution >= 4 is 63.3 Å². The lowest BCUT2D eigenvalue weighted by molar-refractivity contribution is -0.117. The van der Waals surface area contributed by atoms with Crippen molar-refractivity contribution in [1.29, 1.82) is 0 Å². The lowest BCUT2D eigenvalue weighted by Gasteiger charge is -2.13. The third kappa shape index (κ3) is 8.15. The number of nitrogens with zero attached hydrogens (tertiary/aromatic N) is 2. The molecule has 42 heavy (non-hydrogen) atoms. The molecule has 2 N–H and O–H groups in total. The molecule has 0 saturated carbocycles. The van der Waals surface area contributed by atoms with Gasteiger partial charge in [-0.15, -0.1) is 0 Å². The van der Waals surface area contributed by atoms with Crippen LogP contribution in [0.25, 0.3) is 6.08 Å². The van der Waals surface area contributed by atoms with Gasteiger partial charge in [-0.2, -0.15) is 5.10 Å². The molecule has 0 aliphatic rings. The number of carbonyl (C=O) groups excluding carboxylic acids is 3. The van der Waals surface area contributed by atoms with Crippen LogP contribution in [-0.2, 0) is 4.79 Å². The number of hydrogen-bond acceptors (Lipinski definition) is 6. The molecule has 0 aliphatic carbocycles. The molecule has 0 fully saturated rings. The van der Waals surface area contributed by atoms with Gasteiger partial charge in [0.15, 0.2) is 0 Å². The Labute approximate surface area is 256 Å². The van der Waals surface area contributed by atoms with Gasteiger partial charge in [-0.05, 0) is 66.2 Å². The van der Waals surface area contributed by atoms with Gasteiger partial charge in [0, 0.05) is 35.4 Å². The summed E-state index contributed by atoms with van der Waals surface area (Å²) in [4.78, 5) is 40.7. The van der Waals surface area contributed by atoms with Gasteiger partial charge in [-0.3, -0.25) is 9.59 Å². The third-order valence-corrected chi connectivity index (χ3v) is 6.71. The fraction of sp³-hybridized carbons (Fsp3) is 0.0625. The van der Waals surface area contributed by atoms with Gasteiger partial charge in [0.25, 0.3) is 11.8 Å². The predicted octanol–water partition coefficient (Wildman–Crippen LogP) is 6.31. The highest BCUT2D eigenvalue weighted by molar-refractivity contribution is 9.10. The van der Waals surface area contributed by atoms with E-state index in [4.69, 9.17) is 16.3 Å². The summed E-state index contributed by atoms with van der Waals surface area (Å²) >= 11 is 9.53. The zero-order valence-corrected chi connectivity index (χ0v) is 25.0. The highest BCUT2D eigenvalue weighted by Gasteiger charge is 2.16. The molecule has 0 bridgehead atoms. The summed E-state index contributed by atoms with van der Waals surface area (Å²) in [6, 6.07) is 27.5. The fourth-order valence-electron chi connectivity index (χ4n) is 3.69. The van der Waals surface area contributed by atoms with Gasteiger partial charge in [-0.1, -0.05) is 70.0 Å². The van der Waals surface area contributed by atoms with Crippen molar-refractivity contribution in [3.63, 3.8) is 0 Å². The SMILES string of the molecule is CN(C)c1ccc(/C=C(/NC(=O)c2ccccc2)C(=O)N/N=C/c2cc(Br)ccc2OC(=O)c2ccccc2Cl)cc1. The first-order valence-electron chi connectivity index (χ1n) is 12.7. The van der Waals surface area contributed by atoms with Crippen molar-refractivity contribution in [2.75, 3.05) is 19.0 Å². The van der Waals surface area contributed by atoms with E-state index in [0.717, 1.165) is 5.69 Å². The average molecular weight is 646 g/mol. The van der Waals surface area contributed by atoms with Crippen molar-refractivity contribution in [2.45, 2.75) is 0 Å². The highest BCUT2D eigenvalue weighted by Crippen LogP contribution is 2.24. The molecule has 2 amide bonds. The van der Waals surface area contributed by atoms with E-state index in [1.54, 1.807) is 78.9 Å². The van der Waals surface area contributed by atoms with Gasteiger partial charge < -0.3 is 15.0 Å². The number of rotatable bonds is 9. The van der Waals surface area contributed by atoms with Crippen LogP contribution in [0.4, 0.5) is 5.69 Å². The molecule has 8 nitrogen and oxygen atoms in total. The maximum absolute atomic E-state index is 13.2. The highest BCUT2D eigenvalue weighted by atomic mass is 79.9. The molecule has 0 saturated heterocycles. The molecule has 4 aromatic carbocycles. The Kier molecular flexibility index (Phi) is 10.3. The normalized spacial score (nSPS) is 11.2. The summed E-state index contributed by atoms with van der Waals surface area (Å²) in [6.07, 6.45) is 2.89. The van der Waals surface area contributed by atoms with Crippen LogP contribution in [0.15, 0.2) is 112 Å². The van der Waals surface area contributed by atoms with Gasteiger partial charge >= 0.3 is 5.97 Å². The molecule has 0 radical (unpaired) electrons. The second-order valence-electron chi connectivity index (χ2n) is 9.11. The van der Waals surface area contributed by atoms with E-state index in [1.165, 1.54) is 6.21 Å². The number of amides is 2. The summed E-state index contributed by atoms with van der Waals surface area (Å²) in [5.74, 6) is -1.55. The van der Waals surface area contributed by atoms with E-state index >= 15 is 0 Å². The second kappa shape index (κ2) is 14.2. The molecule has 0 unspecified atom stereocenters. The van der Waals surface area contributed by atoms with Gasteiger partial charge in [0.2, 0.25) is 0 Å². The Morgan fingerprint density at radius 1 is 0.905 bits per heavy atom. The maximum Gasteiger partial charge on any atom is 0.345 e. The van der Waals surface area contributed by atoms with Crippen molar-refractivity contribution in [3.05, 3.63) is 135 Å². The number of esters is 1. The molecule has 4 rings (SSSR count). The van der Waals surface area contributed by atoms with E-state index in [1.807, 2.05) is 43.3 Å². The second-order valence-corrected chi connectivity index (χ2v) is 10.4. The minimum absolute atomic E-state index is 0.0155. The molecule has 0 spiro atoms. The van der Waals surface area contributed by atoms with Crippen LogP contribution in [0, 0.1) is 0 Å². The van der Waals surface area contributed by atoms with E-state index in [9.17, 15) is 14.4 Å².